The fraction of sp³-hybridized carbons (Fsp3) is 0.538. The van der Waals surface area contributed by atoms with Gasteiger partial charge in [-0.3, -0.25) is 0 Å². The van der Waals surface area contributed by atoms with Gasteiger partial charge in [-0.1, -0.05) is 0 Å². The molecule has 2 rings (SSSR count). The maximum Gasteiger partial charge on any atom is 0.416 e. The van der Waals surface area contributed by atoms with Crippen molar-refractivity contribution in [1.29, 1.82) is 0 Å². The van der Waals surface area contributed by atoms with Gasteiger partial charge in [-0.2, -0.15) is 26.3 Å². The van der Waals surface area contributed by atoms with Crippen LogP contribution in [0.1, 0.15) is 22.7 Å². The molecule has 3 nitrogen and oxygen atoms in total. The molecular formula is C13H15ClF6N2O. The Bertz CT molecular complexity index is 540. The molecule has 0 radical (unpaired) electrons. The highest BCUT2D eigenvalue weighted by molar-refractivity contribution is 5.85. The van der Waals surface area contributed by atoms with Crippen LogP contribution in [0.2, 0.25) is 0 Å². The first-order valence-electron chi connectivity index (χ1n) is 6.45. The predicted octanol–water partition coefficient (Wildman–Crippen LogP) is 3.39. The lowest BCUT2D eigenvalue weighted by Gasteiger charge is -2.29. The molecular weight excluding hydrogens is 350 g/mol. The molecule has 0 saturated carbocycles. The van der Waals surface area contributed by atoms with Crippen molar-refractivity contribution in [2.75, 3.05) is 26.7 Å². The summed E-state index contributed by atoms with van der Waals surface area (Å²) in [5.74, 6) is -0.427. The van der Waals surface area contributed by atoms with E-state index in [0.717, 1.165) is 7.11 Å². The number of alkyl halides is 6. The Kier molecular flexibility index (Phi) is 6.17. The fourth-order valence-corrected chi connectivity index (χ4v) is 2.41. The van der Waals surface area contributed by atoms with Gasteiger partial charge in [-0.05, 0) is 12.1 Å². The lowest BCUT2D eigenvalue weighted by molar-refractivity contribution is -0.143. The van der Waals surface area contributed by atoms with Crippen molar-refractivity contribution in [3.63, 3.8) is 0 Å². The Labute approximate surface area is 134 Å². The smallest absolute Gasteiger partial charge is 0.416 e. The lowest BCUT2D eigenvalue weighted by Crippen LogP contribution is -2.43. The number of nitrogens with one attached hydrogen (secondary N) is 2. The molecule has 0 aliphatic carbocycles. The highest BCUT2D eigenvalue weighted by atomic mass is 35.5. The molecule has 1 aromatic carbocycles. The molecule has 1 aromatic rings. The molecule has 0 unspecified atom stereocenters. The van der Waals surface area contributed by atoms with Crippen LogP contribution in [0.5, 0.6) is 5.75 Å². The van der Waals surface area contributed by atoms with Crippen LogP contribution < -0.4 is 15.4 Å². The van der Waals surface area contributed by atoms with Gasteiger partial charge in [-0.25, -0.2) is 0 Å². The lowest BCUT2D eigenvalue weighted by atomic mass is 9.94. The van der Waals surface area contributed by atoms with E-state index in [1.807, 2.05) is 0 Å². The Hall–Kier alpha value is -1.19. The summed E-state index contributed by atoms with van der Waals surface area (Å²) in [4.78, 5) is 0. The summed E-state index contributed by atoms with van der Waals surface area (Å²) in [5.41, 5.74) is -3.03. The highest BCUT2D eigenvalue weighted by Crippen LogP contribution is 2.43. The van der Waals surface area contributed by atoms with Crippen molar-refractivity contribution < 1.29 is 31.1 Å². The zero-order chi connectivity index (χ0) is 16.5. The number of hydrogen-bond donors (Lipinski definition) is 2. The maximum atomic E-state index is 13.2. The Morgan fingerprint density at radius 1 is 1.04 bits per heavy atom. The number of benzene rings is 1. The molecule has 10 heteroatoms. The number of methoxy groups -OCH3 is 1. The zero-order valence-electron chi connectivity index (χ0n) is 11.9. The summed E-state index contributed by atoms with van der Waals surface area (Å²) in [6.45, 7) is 1.15. The third-order valence-electron chi connectivity index (χ3n) is 3.38. The van der Waals surface area contributed by atoms with Crippen LogP contribution in [0.15, 0.2) is 12.1 Å². The summed E-state index contributed by atoms with van der Waals surface area (Å²) in [5, 5.41) is 5.76. The maximum absolute atomic E-state index is 13.2. The van der Waals surface area contributed by atoms with Crippen molar-refractivity contribution in [2.24, 2.45) is 0 Å². The van der Waals surface area contributed by atoms with Gasteiger partial charge in [0.15, 0.2) is 0 Å². The first kappa shape index (κ1) is 19.9. The summed E-state index contributed by atoms with van der Waals surface area (Å²) in [6.07, 6.45) is -9.80. The average Bonchev–Trinajstić information content (AvgIpc) is 2.44. The average molecular weight is 365 g/mol. The van der Waals surface area contributed by atoms with E-state index in [9.17, 15) is 26.3 Å². The van der Waals surface area contributed by atoms with Crippen LogP contribution in [-0.4, -0.2) is 26.7 Å². The van der Waals surface area contributed by atoms with E-state index in [-0.39, 0.29) is 30.6 Å². The molecule has 1 atom stereocenters. The minimum absolute atomic E-state index is 0. The fourth-order valence-electron chi connectivity index (χ4n) is 2.41. The van der Waals surface area contributed by atoms with Crippen LogP contribution in [0.3, 0.4) is 0 Å². The summed E-state index contributed by atoms with van der Waals surface area (Å²) in [7, 11) is 1.05. The molecule has 23 heavy (non-hydrogen) atoms. The van der Waals surface area contributed by atoms with Gasteiger partial charge in [0.1, 0.15) is 5.75 Å². The van der Waals surface area contributed by atoms with E-state index in [0.29, 0.717) is 19.2 Å². The van der Waals surface area contributed by atoms with Gasteiger partial charge in [-0.15, -0.1) is 12.4 Å². The van der Waals surface area contributed by atoms with E-state index >= 15 is 0 Å². The van der Waals surface area contributed by atoms with Gasteiger partial charge in [0.25, 0.3) is 0 Å². The highest BCUT2D eigenvalue weighted by Gasteiger charge is 2.41. The minimum atomic E-state index is -4.91. The molecule has 0 amide bonds. The monoisotopic (exact) mass is 364 g/mol. The second kappa shape index (κ2) is 7.14. The molecule has 0 bridgehead atoms. The Morgan fingerprint density at radius 3 is 2.13 bits per heavy atom. The largest absolute Gasteiger partial charge is 0.496 e. The Morgan fingerprint density at radius 2 is 1.70 bits per heavy atom. The minimum Gasteiger partial charge on any atom is -0.496 e. The molecule has 1 saturated heterocycles. The molecule has 1 fully saturated rings. The van der Waals surface area contributed by atoms with Crippen LogP contribution in [0, 0.1) is 0 Å². The third kappa shape index (κ3) is 4.42. The molecule has 0 spiro atoms. The predicted molar refractivity (Wildman–Crippen MR) is 73.9 cm³/mol. The van der Waals surface area contributed by atoms with Gasteiger partial charge < -0.3 is 15.4 Å². The first-order valence-corrected chi connectivity index (χ1v) is 6.45. The number of halogens is 7. The van der Waals surface area contributed by atoms with Gasteiger partial charge in [0.2, 0.25) is 0 Å². The van der Waals surface area contributed by atoms with Gasteiger partial charge in [0.05, 0.1) is 18.2 Å². The standard InChI is InChI=1S/C13H14F6N2O.ClH/c1-22-10-5-7(12(14,15)16)4-8(13(17,18)19)11(10)9-6-20-2-3-21-9;/h4-5,9,20-21H,2-3,6H2,1H3;1H/t9-;/m1./s1. The van der Waals surface area contributed by atoms with E-state index in [2.05, 4.69) is 10.6 Å². The van der Waals surface area contributed by atoms with Crippen LogP contribution >= 0.6 is 12.4 Å². The number of ether oxygens (including phenoxy) is 1. The quantitative estimate of drug-likeness (QED) is 0.789. The van der Waals surface area contributed by atoms with Crippen molar-refractivity contribution in [1.82, 2.24) is 10.6 Å². The number of piperazine rings is 1. The SMILES string of the molecule is COc1cc(C(F)(F)F)cc(C(F)(F)F)c1[C@H]1CNCCN1.Cl. The topological polar surface area (TPSA) is 33.3 Å². The van der Waals surface area contributed by atoms with Crippen molar-refractivity contribution in [3.8, 4) is 5.75 Å². The second-order valence-corrected chi connectivity index (χ2v) is 4.85. The molecule has 0 aromatic heterocycles. The number of rotatable bonds is 2. The van der Waals surface area contributed by atoms with Crippen LogP contribution in [0.4, 0.5) is 26.3 Å². The van der Waals surface area contributed by atoms with Crippen molar-refractivity contribution in [3.05, 3.63) is 28.8 Å². The van der Waals surface area contributed by atoms with Gasteiger partial charge in [0, 0.05) is 31.2 Å². The van der Waals surface area contributed by atoms with Crippen LogP contribution in [0.25, 0.3) is 0 Å². The van der Waals surface area contributed by atoms with Crippen molar-refractivity contribution in [2.45, 2.75) is 18.4 Å². The summed E-state index contributed by atoms with van der Waals surface area (Å²) in [6, 6.07) is -0.0442. The second-order valence-electron chi connectivity index (χ2n) is 4.85. The van der Waals surface area contributed by atoms with Crippen LogP contribution in [-0.2, 0) is 12.4 Å². The van der Waals surface area contributed by atoms with Gasteiger partial charge >= 0.3 is 12.4 Å². The number of hydrogen-bond acceptors (Lipinski definition) is 3. The molecule has 1 aliphatic heterocycles. The molecule has 1 aliphatic rings. The van der Waals surface area contributed by atoms with E-state index in [1.54, 1.807) is 0 Å². The first-order chi connectivity index (χ1) is 10.1. The van der Waals surface area contributed by atoms with E-state index in [4.69, 9.17) is 4.74 Å². The molecule has 132 valence electrons. The van der Waals surface area contributed by atoms with E-state index < -0.39 is 35.3 Å². The zero-order valence-corrected chi connectivity index (χ0v) is 12.8. The summed E-state index contributed by atoms with van der Waals surface area (Å²) >= 11 is 0. The van der Waals surface area contributed by atoms with E-state index in [1.165, 1.54) is 0 Å². The third-order valence-corrected chi connectivity index (χ3v) is 3.38. The summed E-state index contributed by atoms with van der Waals surface area (Å²) < 4.78 is 82.8. The van der Waals surface area contributed by atoms with Crippen molar-refractivity contribution >= 4 is 12.4 Å². The molecule has 2 N–H and O–H groups in total. The molecule has 1 heterocycles. The normalized spacial score (nSPS) is 19.2. The Balaban J connectivity index is 0.00000264.